The van der Waals surface area contributed by atoms with Crippen LogP contribution in [0.2, 0.25) is 0 Å². The van der Waals surface area contributed by atoms with Crippen LogP contribution in [0.15, 0.2) is 28.7 Å². The van der Waals surface area contributed by atoms with Gasteiger partial charge in [-0.25, -0.2) is 9.97 Å². The smallest absolute Gasteiger partial charge is 0.434 e. The highest BCUT2D eigenvalue weighted by Gasteiger charge is 2.33. The number of methoxy groups -OCH3 is 1. The van der Waals surface area contributed by atoms with Crippen LogP contribution in [-0.4, -0.2) is 36.6 Å². The van der Waals surface area contributed by atoms with Gasteiger partial charge in [-0.05, 0) is 5.56 Å². The molecule has 0 spiro atoms. The third-order valence-electron chi connectivity index (χ3n) is 3.16. The van der Waals surface area contributed by atoms with Crippen molar-refractivity contribution in [2.75, 3.05) is 20.7 Å². The van der Waals surface area contributed by atoms with E-state index in [2.05, 4.69) is 25.6 Å². The van der Waals surface area contributed by atoms with Gasteiger partial charge in [0.25, 0.3) is 0 Å². The lowest BCUT2D eigenvalue weighted by Gasteiger charge is -2.11. The van der Waals surface area contributed by atoms with Crippen molar-refractivity contribution in [3.8, 4) is 5.88 Å². The standard InChI is InChI=1S/C15H18F3N5OS.HI/c1-19-14(22-8-10-3-4-12(24-2)21-7-10)20-6-5-13-23-11(9-25-13)15(16,17)18;/h3-4,7,9H,5-6,8H2,1-2H3,(H2,19,20,22);1H. The van der Waals surface area contributed by atoms with Gasteiger partial charge in [-0.1, -0.05) is 6.07 Å². The average Bonchev–Trinajstić information content (AvgIpc) is 3.07. The summed E-state index contributed by atoms with van der Waals surface area (Å²) in [6.45, 7) is 0.928. The molecule has 0 saturated carbocycles. The van der Waals surface area contributed by atoms with Crippen LogP contribution in [0.1, 0.15) is 16.3 Å². The summed E-state index contributed by atoms with van der Waals surface area (Å²) in [5.74, 6) is 1.08. The third-order valence-corrected chi connectivity index (χ3v) is 4.07. The number of pyridine rings is 1. The van der Waals surface area contributed by atoms with Gasteiger partial charge in [-0.15, -0.1) is 35.3 Å². The van der Waals surface area contributed by atoms with Gasteiger partial charge >= 0.3 is 6.18 Å². The highest BCUT2D eigenvalue weighted by atomic mass is 127. The first-order valence-electron chi connectivity index (χ1n) is 7.37. The van der Waals surface area contributed by atoms with E-state index in [0.29, 0.717) is 36.4 Å². The summed E-state index contributed by atoms with van der Waals surface area (Å²) in [4.78, 5) is 11.8. The molecule has 0 bridgehead atoms. The highest BCUT2D eigenvalue weighted by Crippen LogP contribution is 2.29. The van der Waals surface area contributed by atoms with E-state index < -0.39 is 11.9 Å². The number of hydrogen-bond donors (Lipinski definition) is 2. The Labute approximate surface area is 170 Å². The minimum atomic E-state index is -4.40. The molecule has 0 aliphatic rings. The molecule has 2 heterocycles. The number of aromatic nitrogens is 2. The second-order valence-corrected chi connectivity index (χ2v) is 5.88. The Morgan fingerprint density at radius 3 is 2.62 bits per heavy atom. The van der Waals surface area contributed by atoms with Crippen molar-refractivity contribution in [3.05, 3.63) is 40.0 Å². The molecule has 0 fully saturated rings. The maximum atomic E-state index is 12.5. The fraction of sp³-hybridized carbons (Fsp3) is 0.400. The second kappa shape index (κ2) is 10.5. The van der Waals surface area contributed by atoms with Gasteiger partial charge in [-0.2, -0.15) is 13.2 Å². The Bertz CT molecular complexity index is 706. The van der Waals surface area contributed by atoms with Crippen molar-refractivity contribution >= 4 is 41.3 Å². The quantitative estimate of drug-likeness (QED) is 0.362. The molecule has 11 heteroatoms. The SMILES string of the molecule is CN=C(NCCc1nc(C(F)(F)F)cs1)NCc1ccc(OC)nc1.I. The second-order valence-electron chi connectivity index (χ2n) is 4.94. The van der Waals surface area contributed by atoms with Crippen molar-refractivity contribution in [1.29, 1.82) is 0 Å². The molecule has 0 saturated heterocycles. The van der Waals surface area contributed by atoms with Crippen molar-refractivity contribution in [2.24, 2.45) is 4.99 Å². The molecule has 2 aromatic rings. The summed E-state index contributed by atoms with van der Waals surface area (Å²) in [7, 11) is 3.17. The van der Waals surface area contributed by atoms with Gasteiger partial charge in [0.15, 0.2) is 11.7 Å². The Kier molecular flexibility index (Phi) is 9.05. The zero-order chi connectivity index (χ0) is 18.3. The Hall–Kier alpha value is -1.63. The number of nitrogens with one attached hydrogen (secondary N) is 2. The maximum Gasteiger partial charge on any atom is 0.434 e. The Morgan fingerprint density at radius 2 is 2.08 bits per heavy atom. The van der Waals surface area contributed by atoms with Crippen molar-refractivity contribution in [2.45, 2.75) is 19.1 Å². The number of halogens is 4. The molecule has 2 rings (SSSR count). The number of nitrogens with zero attached hydrogens (tertiary/aromatic N) is 3. The number of thiazole rings is 1. The van der Waals surface area contributed by atoms with Crippen LogP contribution >= 0.6 is 35.3 Å². The number of alkyl halides is 3. The van der Waals surface area contributed by atoms with Crippen LogP contribution in [-0.2, 0) is 19.1 Å². The topological polar surface area (TPSA) is 71.4 Å². The summed E-state index contributed by atoms with van der Waals surface area (Å²) >= 11 is 0.998. The van der Waals surface area contributed by atoms with Gasteiger partial charge in [-0.3, -0.25) is 4.99 Å². The lowest BCUT2D eigenvalue weighted by Crippen LogP contribution is -2.37. The summed E-state index contributed by atoms with van der Waals surface area (Å²) in [5, 5.41) is 7.59. The largest absolute Gasteiger partial charge is 0.481 e. The Balaban J connectivity index is 0.00000338. The number of rotatable bonds is 6. The van der Waals surface area contributed by atoms with Gasteiger partial charge < -0.3 is 15.4 Å². The molecular weight excluding hydrogens is 482 g/mol. The van der Waals surface area contributed by atoms with E-state index >= 15 is 0 Å². The molecule has 0 atom stereocenters. The van der Waals surface area contributed by atoms with Crippen LogP contribution in [0, 0.1) is 0 Å². The molecule has 26 heavy (non-hydrogen) atoms. The fourth-order valence-electron chi connectivity index (χ4n) is 1.89. The monoisotopic (exact) mass is 501 g/mol. The van der Waals surface area contributed by atoms with Crippen LogP contribution < -0.4 is 15.4 Å². The minimum Gasteiger partial charge on any atom is -0.481 e. The van der Waals surface area contributed by atoms with E-state index in [1.54, 1.807) is 26.4 Å². The lowest BCUT2D eigenvalue weighted by atomic mass is 10.3. The van der Waals surface area contributed by atoms with Gasteiger partial charge in [0.1, 0.15) is 0 Å². The summed E-state index contributed by atoms with van der Waals surface area (Å²) < 4.78 is 42.5. The van der Waals surface area contributed by atoms with E-state index in [1.807, 2.05) is 6.07 Å². The maximum absolute atomic E-state index is 12.5. The lowest BCUT2D eigenvalue weighted by molar-refractivity contribution is -0.140. The van der Waals surface area contributed by atoms with Crippen LogP contribution in [0.3, 0.4) is 0 Å². The van der Waals surface area contributed by atoms with Gasteiger partial charge in [0.05, 0.1) is 12.1 Å². The molecular formula is C15H19F3IN5OS. The fourth-order valence-corrected chi connectivity index (χ4v) is 2.69. The molecule has 2 N–H and O–H groups in total. The Morgan fingerprint density at radius 1 is 1.31 bits per heavy atom. The predicted molar refractivity (Wildman–Crippen MR) is 105 cm³/mol. The van der Waals surface area contributed by atoms with E-state index in [4.69, 9.17) is 4.74 Å². The van der Waals surface area contributed by atoms with Crippen molar-refractivity contribution < 1.29 is 17.9 Å². The molecule has 0 radical (unpaired) electrons. The van der Waals surface area contributed by atoms with Crippen molar-refractivity contribution in [1.82, 2.24) is 20.6 Å². The summed E-state index contributed by atoms with van der Waals surface area (Å²) in [5.41, 5.74) is 0.0977. The first-order chi connectivity index (χ1) is 11.9. The van der Waals surface area contributed by atoms with Crippen LogP contribution in [0.5, 0.6) is 5.88 Å². The number of aliphatic imine (C=N–C) groups is 1. The predicted octanol–water partition coefficient (Wildman–Crippen LogP) is 3.09. The average molecular weight is 501 g/mol. The normalized spacial score (nSPS) is 11.7. The summed E-state index contributed by atoms with van der Waals surface area (Å²) in [6.07, 6.45) is -2.33. The zero-order valence-electron chi connectivity index (χ0n) is 14.1. The molecule has 2 aromatic heterocycles. The molecule has 0 aromatic carbocycles. The molecule has 144 valence electrons. The molecule has 6 nitrogen and oxygen atoms in total. The van der Waals surface area contributed by atoms with E-state index in [1.165, 1.54) is 0 Å². The van der Waals surface area contributed by atoms with Gasteiger partial charge in [0, 0.05) is 44.2 Å². The zero-order valence-corrected chi connectivity index (χ0v) is 17.3. The van der Waals surface area contributed by atoms with Crippen LogP contribution in [0.25, 0.3) is 0 Å². The first kappa shape index (κ1) is 22.4. The van der Waals surface area contributed by atoms with Gasteiger partial charge in [0.2, 0.25) is 5.88 Å². The molecule has 0 unspecified atom stereocenters. The summed E-state index contributed by atoms with van der Waals surface area (Å²) in [6, 6.07) is 3.63. The van der Waals surface area contributed by atoms with E-state index in [9.17, 15) is 13.2 Å². The van der Waals surface area contributed by atoms with E-state index in [0.717, 1.165) is 22.3 Å². The molecule has 0 aliphatic carbocycles. The third kappa shape index (κ3) is 6.94. The van der Waals surface area contributed by atoms with E-state index in [-0.39, 0.29) is 24.0 Å². The van der Waals surface area contributed by atoms with Crippen molar-refractivity contribution in [3.63, 3.8) is 0 Å². The highest BCUT2D eigenvalue weighted by molar-refractivity contribution is 14.0. The first-order valence-corrected chi connectivity index (χ1v) is 8.25. The minimum absolute atomic E-state index is 0. The number of hydrogen-bond acceptors (Lipinski definition) is 5. The van der Waals surface area contributed by atoms with Crippen LogP contribution in [0.4, 0.5) is 13.2 Å². The number of ether oxygens (including phenoxy) is 1. The molecule has 0 amide bonds. The molecule has 0 aliphatic heterocycles. The number of guanidine groups is 1.